The van der Waals surface area contributed by atoms with E-state index < -0.39 is 5.97 Å². The number of hydrogen-bond donors (Lipinski definition) is 2. The Morgan fingerprint density at radius 2 is 1.78 bits per heavy atom. The van der Waals surface area contributed by atoms with Gasteiger partial charge in [-0.3, -0.25) is 14.2 Å². The molecule has 0 aliphatic carbocycles. The normalized spacial score (nSPS) is 11.1. The number of esters is 1. The van der Waals surface area contributed by atoms with Crippen molar-refractivity contribution in [2.75, 3.05) is 17.7 Å². The number of amides is 1. The number of nitrogens with zero attached hydrogens (tertiary/aromatic N) is 2. The lowest BCUT2D eigenvalue weighted by Gasteiger charge is -2.12. The van der Waals surface area contributed by atoms with Gasteiger partial charge in [0.25, 0.3) is 5.56 Å². The van der Waals surface area contributed by atoms with Gasteiger partial charge < -0.3 is 15.0 Å². The molecule has 0 saturated heterocycles. The van der Waals surface area contributed by atoms with Gasteiger partial charge in [0.05, 0.1) is 23.6 Å². The largest absolute Gasteiger partial charge is 0.462 e. The van der Waals surface area contributed by atoms with Gasteiger partial charge >= 0.3 is 5.97 Å². The molecule has 0 atom stereocenters. The van der Waals surface area contributed by atoms with Crippen LogP contribution in [0.4, 0.5) is 5.69 Å². The van der Waals surface area contributed by atoms with Crippen molar-refractivity contribution in [3.8, 4) is 5.69 Å². The van der Waals surface area contributed by atoms with Crippen LogP contribution in [0.1, 0.15) is 17.3 Å². The maximum atomic E-state index is 13.6. The lowest BCUT2D eigenvalue weighted by atomic mass is 10.2. The first-order valence-electron chi connectivity index (χ1n) is 11.4. The van der Waals surface area contributed by atoms with Crippen molar-refractivity contribution >= 4 is 62.9 Å². The fraction of sp³-hybridized carbons (Fsp3) is 0.111. The zero-order valence-corrected chi connectivity index (χ0v) is 21.2. The van der Waals surface area contributed by atoms with Crippen molar-refractivity contribution in [3.05, 3.63) is 93.7 Å². The van der Waals surface area contributed by atoms with Crippen molar-refractivity contribution in [2.45, 2.75) is 12.1 Å². The maximum absolute atomic E-state index is 13.6. The number of carbonyl (C=O) groups is 2. The van der Waals surface area contributed by atoms with Crippen LogP contribution in [-0.4, -0.2) is 38.8 Å². The molecule has 2 N–H and O–H groups in total. The Morgan fingerprint density at radius 1 is 1.05 bits per heavy atom. The highest BCUT2D eigenvalue weighted by molar-refractivity contribution is 7.99. The standard InChI is InChI=1S/C27H21ClN4O4S/c1-2-36-26(35)16-7-11-18(12-8-16)29-22(33)15-37-27-31-23-20-5-3-4-6-21(20)30-24(23)25(34)32(27)19-13-9-17(28)10-14-19/h3-14,30H,2,15H2,1H3,(H,29,33). The number of ether oxygens (including phenoxy) is 1. The SMILES string of the molecule is CCOC(=O)c1ccc(NC(=O)CSc2nc3c([nH]c4ccccc43)c(=O)n2-c2ccc(Cl)cc2)cc1. The molecule has 0 saturated carbocycles. The molecule has 37 heavy (non-hydrogen) atoms. The lowest BCUT2D eigenvalue weighted by molar-refractivity contribution is -0.113. The summed E-state index contributed by atoms with van der Waals surface area (Å²) in [5, 5.41) is 4.54. The Bertz CT molecular complexity index is 1680. The molecule has 186 valence electrons. The molecule has 3 aromatic carbocycles. The minimum atomic E-state index is -0.421. The summed E-state index contributed by atoms with van der Waals surface area (Å²) in [6.45, 7) is 2.02. The van der Waals surface area contributed by atoms with E-state index in [1.807, 2.05) is 24.3 Å². The Labute approximate surface area is 220 Å². The van der Waals surface area contributed by atoms with Crippen molar-refractivity contribution in [1.82, 2.24) is 14.5 Å². The summed E-state index contributed by atoms with van der Waals surface area (Å²) in [4.78, 5) is 46.1. The van der Waals surface area contributed by atoms with Crippen molar-refractivity contribution < 1.29 is 14.3 Å². The smallest absolute Gasteiger partial charge is 0.338 e. The fourth-order valence-electron chi connectivity index (χ4n) is 3.89. The molecule has 8 nitrogen and oxygen atoms in total. The molecular weight excluding hydrogens is 512 g/mol. The average Bonchev–Trinajstić information content (AvgIpc) is 3.28. The molecule has 10 heteroatoms. The van der Waals surface area contributed by atoms with Crippen LogP contribution < -0.4 is 10.9 Å². The third-order valence-electron chi connectivity index (χ3n) is 5.59. The molecule has 5 aromatic rings. The minimum Gasteiger partial charge on any atom is -0.462 e. The topological polar surface area (TPSA) is 106 Å². The van der Waals surface area contributed by atoms with Crippen LogP contribution in [0, 0.1) is 0 Å². The predicted octanol–water partition coefficient (Wildman–Crippen LogP) is 5.43. The first-order valence-corrected chi connectivity index (χ1v) is 12.8. The lowest BCUT2D eigenvalue weighted by Crippen LogP contribution is -2.23. The van der Waals surface area contributed by atoms with E-state index in [4.69, 9.17) is 21.3 Å². The number of halogens is 1. The number of anilines is 1. The Balaban J connectivity index is 1.44. The van der Waals surface area contributed by atoms with Gasteiger partial charge in [0.2, 0.25) is 5.91 Å². The number of benzene rings is 3. The van der Waals surface area contributed by atoms with Crippen LogP contribution >= 0.6 is 23.4 Å². The summed E-state index contributed by atoms with van der Waals surface area (Å²) in [5.74, 6) is -0.701. The molecule has 2 aromatic heterocycles. The van der Waals surface area contributed by atoms with Gasteiger partial charge in [-0.2, -0.15) is 0 Å². The summed E-state index contributed by atoms with van der Waals surface area (Å²) in [6.07, 6.45) is 0. The fourth-order valence-corrected chi connectivity index (χ4v) is 4.82. The summed E-state index contributed by atoms with van der Waals surface area (Å²) in [5.41, 5.74) is 2.97. The molecule has 0 bridgehead atoms. The number of para-hydroxylation sites is 1. The van der Waals surface area contributed by atoms with Crippen LogP contribution in [0.5, 0.6) is 0 Å². The second-order valence-electron chi connectivity index (χ2n) is 8.04. The number of hydrogen-bond acceptors (Lipinski definition) is 6. The van der Waals surface area contributed by atoms with Crippen LogP contribution in [0.15, 0.2) is 82.7 Å². The molecule has 0 fully saturated rings. The molecule has 0 unspecified atom stereocenters. The van der Waals surface area contributed by atoms with Gasteiger partial charge in [-0.15, -0.1) is 0 Å². The first kappa shape index (κ1) is 24.6. The monoisotopic (exact) mass is 532 g/mol. The summed E-state index contributed by atoms with van der Waals surface area (Å²) < 4.78 is 6.45. The number of carbonyl (C=O) groups excluding carboxylic acids is 2. The summed E-state index contributed by atoms with van der Waals surface area (Å²) >= 11 is 7.20. The number of aromatic nitrogens is 3. The zero-order chi connectivity index (χ0) is 25.9. The van der Waals surface area contributed by atoms with Crippen LogP contribution in [0.25, 0.3) is 27.6 Å². The molecular formula is C27H21ClN4O4S. The molecule has 0 aliphatic heterocycles. The highest BCUT2D eigenvalue weighted by atomic mass is 35.5. The highest BCUT2D eigenvalue weighted by Gasteiger charge is 2.18. The van der Waals surface area contributed by atoms with Gasteiger partial charge in [0.1, 0.15) is 11.0 Å². The maximum Gasteiger partial charge on any atom is 0.338 e. The van der Waals surface area contributed by atoms with Crippen LogP contribution in [0.2, 0.25) is 5.02 Å². The number of aromatic amines is 1. The molecule has 0 radical (unpaired) electrons. The zero-order valence-electron chi connectivity index (χ0n) is 19.7. The molecule has 5 rings (SSSR count). The number of fused-ring (bicyclic) bond motifs is 3. The Kier molecular flexibility index (Phi) is 6.98. The molecule has 0 aliphatic rings. The highest BCUT2D eigenvalue weighted by Crippen LogP contribution is 2.27. The quantitative estimate of drug-likeness (QED) is 0.164. The van der Waals surface area contributed by atoms with E-state index in [-0.39, 0.29) is 23.8 Å². The second-order valence-corrected chi connectivity index (χ2v) is 9.42. The number of nitrogens with one attached hydrogen (secondary N) is 2. The van der Waals surface area contributed by atoms with Crippen molar-refractivity contribution in [2.24, 2.45) is 0 Å². The van der Waals surface area contributed by atoms with Crippen LogP contribution in [-0.2, 0) is 9.53 Å². The Hall–Kier alpha value is -4.08. The average molecular weight is 533 g/mol. The summed E-state index contributed by atoms with van der Waals surface area (Å²) in [6, 6.07) is 20.8. The Morgan fingerprint density at radius 3 is 2.51 bits per heavy atom. The minimum absolute atomic E-state index is 0.00746. The molecule has 2 heterocycles. The number of thioether (sulfide) groups is 1. The van der Waals surface area contributed by atoms with E-state index >= 15 is 0 Å². The van der Waals surface area contributed by atoms with Gasteiger partial charge in [-0.25, -0.2) is 9.78 Å². The number of rotatable bonds is 7. The molecule has 0 spiro atoms. The van der Waals surface area contributed by atoms with Gasteiger partial charge in [-0.1, -0.05) is 41.6 Å². The van der Waals surface area contributed by atoms with E-state index in [2.05, 4.69) is 10.3 Å². The summed E-state index contributed by atoms with van der Waals surface area (Å²) in [7, 11) is 0. The van der Waals surface area contributed by atoms with Gasteiger partial charge in [0, 0.05) is 21.6 Å². The number of H-pyrrole nitrogens is 1. The third-order valence-corrected chi connectivity index (χ3v) is 6.78. The van der Waals surface area contributed by atoms with Gasteiger partial charge in [-0.05, 0) is 61.5 Å². The van der Waals surface area contributed by atoms with Crippen molar-refractivity contribution in [1.29, 1.82) is 0 Å². The van der Waals surface area contributed by atoms with Crippen molar-refractivity contribution in [3.63, 3.8) is 0 Å². The van der Waals surface area contributed by atoms with E-state index in [1.165, 1.54) is 4.57 Å². The molecule has 1 amide bonds. The van der Waals surface area contributed by atoms with E-state index in [0.29, 0.717) is 38.2 Å². The van der Waals surface area contributed by atoms with Crippen LogP contribution in [0.3, 0.4) is 0 Å². The predicted molar refractivity (Wildman–Crippen MR) is 146 cm³/mol. The van der Waals surface area contributed by atoms with E-state index in [9.17, 15) is 14.4 Å². The first-order chi connectivity index (χ1) is 17.9. The van der Waals surface area contributed by atoms with E-state index in [1.54, 1.807) is 55.5 Å². The van der Waals surface area contributed by atoms with Gasteiger partial charge in [0.15, 0.2) is 5.16 Å². The third kappa shape index (κ3) is 5.09. The second kappa shape index (κ2) is 10.5. The van der Waals surface area contributed by atoms with E-state index in [0.717, 1.165) is 22.7 Å².